The Morgan fingerprint density at radius 2 is 1.52 bits per heavy atom. The van der Waals surface area contributed by atoms with Crippen molar-refractivity contribution in [2.75, 3.05) is 5.73 Å². The van der Waals surface area contributed by atoms with Crippen LogP contribution in [0.4, 0.5) is 5.69 Å². The Bertz CT molecular complexity index is 1140. The predicted molar refractivity (Wildman–Crippen MR) is 106 cm³/mol. The van der Waals surface area contributed by atoms with Gasteiger partial charge in [-0.25, -0.2) is 0 Å². The fourth-order valence-electron chi connectivity index (χ4n) is 3.33. The van der Waals surface area contributed by atoms with E-state index in [0.717, 1.165) is 33.2 Å². The average molecular weight is 328 g/mol. The van der Waals surface area contributed by atoms with Crippen molar-refractivity contribution in [1.29, 1.82) is 0 Å². The van der Waals surface area contributed by atoms with Gasteiger partial charge in [0.05, 0.1) is 11.0 Å². The van der Waals surface area contributed by atoms with Gasteiger partial charge < -0.3 is 10.3 Å². The minimum atomic E-state index is 0.0831. The van der Waals surface area contributed by atoms with Crippen LogP contribution in [0.15, 0.2) is 71.5 Å². The molecule has 0 aliphatic heterocycles. The van der Waals surface area contributed by atoms with Crippen LogP contribution in [-0.2, 0) is 0 Å². The van der Waals surface area contributed by atoms with Gasteiger partial charge >= 0.3 is 0 Å². The highest BCUT2D eigenvalue weighted by atomic mass is 16.1. The zero-order chi connectivity index (χ0) is 17.6. The van der Waals surface area contributed by atoms with Crippen LogP contribution in [0.2, 0.25) is 0 Å². The number of anilines is 1. The number of aromatic nitrogens is 1. The van der Waals surface area contributed by atoms with Gasteiger partial charge in [0.25, 0.3) is 0 Å². The van der Waals surface area contributed by atoms with E-state index < -0.39 is 0 Å². The predicted octanol–water partition coefficient (Wildman–Crippen LogP) is 4.85. The standard InChI is InChI=1S/C22H20N2O/c1-14(2)15-7-12-21-19(13-15)22(25)18-5-3-4-6-20(18)24(21)17-10-8-16(23)9-11-17/h3-14H,23H2,1-2H3. The van der Waals surface area contributed by atoms with Gasteiger partial charge in [0.1, 0.15) is 0 Å². The van der Waals surface area contributed by atoms with E-state index in [1.54, 1.807) is 0 Å². The van der Waals surface area contributed by atoms with Crippen molar-refractivity contribution in [3.05, 3.63) is 82.5 Å². The molecule has 0 saturated carbocycles. The molecule has 1 aromatic heterocycles. The zero-order valence-electron chi connectivity index (χ0n) is 14.4. The van der Waals surface area contributed by atoms with E-state index in [2.05, 4.69) is 30.5 Å². The first-order valence-corrected chi connectivity index (χ1v) is 8.49. The van der Waals surface area contributed by atoms with Crippen molar-refractivity contribution in [3.63, 3.8) is 0 Å². The summed E-state index contributed by atoms with van der Waals surface area (Å²) in [6.45, 7) is 4.28. The van der Waals surface area contributed by atoms with E-state index in [9.17, 15) is 4.79 Å². The molecule has 0 fully saturated rings. The second-order valence-corrected chi connectivity index (χ2v) is 6.70. The van der Waals surface area contributed by atoms with Crippen LogP contribution in [0.3, 0.4) is 0 Å². The molecule has 2 N–H and O–H groups in total. The molecule has 4 aromatic rings. The third kappa shape index (κ3) is 2.49. The third-order valence-electron chi connectivity index (χ3n) is 4.71. The molecule has 0 atom stereocenters. The van der Waals surface area contributed by atoms with Crippen molar-refractivity contribution in [3.8, 4) is 5.69 Å². The van der Waals surface area contributed by atoms with E-state index in [-0.39, 0.29) is 5.43 Å². The average Bonchev–Trinajstić information content (AvgIpc) is 2.63. The van der Waals surface area contributed by atoms with E-state index in [1.807, 2.05) is 54.6 Å². The van der Waals surface area contributed by atoms with Crippen LogP contribution in [0.1, 0.15) is 25.3 Å². The Hall–Kier alpha value is -3.07. The summed E-state index contributed by atoms with van der Waals surface area (Å²) >= 11 is 0. The van der Waals surface area contributed by atoms with Crippen molar-refractivity contribution in [1.82, 2.24) is 4.57 Å². The Morgan fingerprint density at radius 1 is 0.840 bits per heavy atom. The molecule has 3 aromatic carbocycles. The maximum atomic E-state index is 13.1. The van der Waals surface area contributed by atoms with E-state index in [1.165, 1.54) is 5.56 Å². The van der Waals surface area contributed by atoms with Crippen LogP contribution in [0.25, 0.3) is 27.5 Å². The molecular weight excluding hydrogens is 308 g/mol. The summed E-state index contributed by atoms with van der Waals surface area (Å²) in [5.74, 6) is 0.375. The Morgan fingerprint density at radius 3 is 2.24 bits per heavy atom. The molecule has 0 spiro atoms. The van der Waals surface area contributed by atoms with Gasteiger partial charge in [0.15, 0.2) is 5.43 Å². The molecule has 4 rings (SSSR count). The molecule has 0 aliphatic rings. The number of fused-ring (bicyclic) bond motifs is 2. The van der Waals surface area contributed by atoms with Crippen molar-refractivity contribution in [2.45, 2.75) is 19.8 Å². The number of hydrogen-bond acceptors (Lipinski definition) is 2. The highest BCUT2D eigenvalue weighted by molar-refractivity contribution is 5.95. The summed E-state index contributed by atoms with van der Waals surface area (Å²) in [5.41, 5.74) is 10.6. The smallest absolute Gasteiger partial charge is 0.197 e. The number of benzene rings is 3. The Kier molecular flexibility index (Phi) is 3.57. The summed E-state index contributed by atoms with van der Waals surface area (Å²) in [4.78, 5) is 13.1. The number of nitrogen functional groups attached to an aromatic ring is 1. The number of hydrogen-bond donors (Lipinski definition) is 1. The van der Waals surface area contributed by atoms with Crippen molar-refractivity contribution in [2.24, 2.45) is 0 Å². The third-order valence-corrected chi connectivity index (χ3v) is 4.71. The summed E-state index contributed by atoms with van der Waals surface area (Å²) in [6.07, 6.45) is 0. The number of pyridine rings is 1. The molecule has 0 saturated heterocycles. The monoisotopic (exact) mass is 328 g/mol. The van der Waals surface area contributed by atoms with Crippen molar-refractivity contribution < 1.29 is 0 Å². The lowest BCUT2D eigenvalue weighted by Crippen LogP contribution is -2.11. The Balaban J connectivity index is 2.19. The molecular formula is C22H20N2O. The van der Waals surface area contributed by atoms with Crippen LogP contribution in [0.5, 0.6) is 0 Å². The summed E-state index contributed by atoms with van der Waals surface area (Å²) < 4.78 is 2.13. The van der Waals surface area contributed by atoms with Gasteiger partial charge in [-0.1, -0.05) is 32.0 Å². The quantitative estimate of drug-likeness (QED) is 0.422. The maximum Gasteiger partial charge on any atom is 0.197 e. The second-order valence-electron chi connectivity index (χ2n) is 6.70. The normalized spacial score (nSPS) is 11.5. The van der Waals surface area contributed by atoms with E-state index in [0.29, 0.717) is 5.92 Å². The summed E-state index contributed by atoms with van der Waals surface area (Å²) in [7, 11) is 0. The maximum absolute atomic E-state index is 13.1. The van der Waals surface area contributed by atoms with Crippen molar-refractivity contribution >= 4 is 27.5 Å². The molecule has 0 amide bonds. The summed E-state index contributed by atoms with van der Waals surface area (Å²) in [5, 5.41) is 1.48. The molecule has 25 heavy (non-hydrogen) atoms. The first-order valence-electron chi connectivity index (χ1n) is 8.49. The van der Waals surface area contributed by atoms with Gasteiger partial charge in [0, 0.05) is 22.1 Å². The summed E-state index contributed by atoms with van der Waals surface area (Å²) in [6, 6.07) is 21.7. The van der Waals surface area contributed by atoms with E-state index >= 15 is 0 Å². The number of nitrogens with two attached hydrogens (primary N) is 1. The molecule has 1 heterocycles. The topological polar surface area (TPSA) is 48.0 Å². The lowest BCUT2D eigenvalue weighted by molar-refractivity contribution is 0.868. The Labute approximate surface area is 146 Å². The number of nitrogens with zero attached hydrogens (tertiary/aromatic N) is 1. The minimum Gasteiger partial charge on any atom is -0.399 e. The SMILES string of the molecule is CC(C)c1ccc2c(c1)c(=O)c1ccccc1n2-c1ccc(N)cc1. The zero-order valence-corrected chi connectivity index (χ0v) is 14.4. The van der Waals surface area contributed by atoms with Gasteiger partial charge in [-0.3, -0.25) is 4.79 Å². The second kappa shape index (κ2) is 5.78. The van der Waals surface area contributed by atoms with Crippen LogP contribution in [0, 0.1) is 0 Å². The molecule has 0 bridgehead atoms. The molecule has 3 heteroatoms. The van der Waals surface area contributed by atoms with Gasteiger partial charge in [-0.15, -0.1) is 0 Å². The first kappa shape index (κ1) is 15.5. The lowest BCUT2D eigenvalue weighted by Gasteiger charge is -2.17. The molecule has 0 aliphatic carbocycles. The van der Waals surface area contributed by atoms with Gasteiger partial charge in [-0.05, 0) is 60.0 Å². The highest BCUT2D eigenvalue weighted by Gasteiger charge is 2.13. The van der Waals surface area contributed by atoms with Crippen LogP contribution in [-0.4, -0.2) is 4.57 Å². The number of rotatable bonds is 2. The fraction of sp³-hybridized carbons (Fsp3) is 0.136. The highest BCUT2D eigenvalue weighted by Crippen LogP contribution is 2.26. The molecule has 124 valence electrons. The van der Waals surface area contributed by atoms with Crippen LogP contribution >= 0.6 is 0 Å². The van der Waals surface area contributed by atoms with Crippen LogP contribution < -0.4 is 11.2 Å². The van der Waals surface area contributed by atoms with Gasteiger partial charge in [-0.2, -0.15) is 0 Å². The number of para-hydroxylation sites is 1. The lowest BCUT2D eigenvalue weighted by atomic mass is 9.99. The van der Waals surface area contributed by atoms with Gasteiger partial charge in [0.2, 0.25) is 0 Å². The molecule has 0 radical (unpaired) electrons. The molecule has 3 nitrogen and oxygen atoms in total. The largest absolute Gasteiger partial charge is 0.399 e. The van der Waals surface area contributed by atoms with E-state index in [4.69, 9.17) is 5.73 Å². The fourth-order valence-corrected chi connectivity index (χ4v) is 3.33. The minimum absolute atomic E-state index is 0.0831. The molecule has 0 unspecified atom stereocenters. The first-order chi connectivity index (χ1) is 12.1.